The molecule has 1 saturated carbocycles. The summed E-state index contributed by atoms with van der Waals surface area (Å²) in [5, 5.41) is 8.36. The monoisotopic (exact) mass is 399 g/mol. The number of hydrogen-bond acceptors (Lipinski definition) is 7. The number of nitrogens with two attached hydrogens (primary N) is 1. The van der Waals surface area contributed by atoms with E-state index >= 15 is 0 Å². The van der Waals surface area contributed by atoms with Crippen LogP contribution in [-0.4, -0.2) is 30.5 Å². The maximum Gasteiger partial charge on any atom is 0.245 e. The standard InChI is InChI=1S/C19H21N5O3S/c1-11(12-5-7-14(8-6-12)28(20,25)26)21-19-23-16-10-9-15(13-3-4-13)22-17(16)18(24-19)27-2/h5-11,13H,3-4H2,1-2H3,(H2,20,25,26)(H,21,23,24)/t11-/m1/s1. The zero-order chi connectivity index (χ0) is 19.9. The van der Waals surface area contributed by atoms with Gasteiger partial charge in [0, 0.05) is 11.6 Å². The fourth-order valence-electron chi connectivity index (χ4n) is 3.04. The maximum absolute atomic E-state index is 11.4. The Morgan fingerprint density at radius 2 is 1.82 bits per heavy atom. The Kier molecular flexibility index (Phi) is 4.64. The summed E-state index contributed by atoms with van der Waals surface area (Å²) in [6, 6.07) is 10.2. The molecular weight excluding hydrogens is 378 g/mol. The highest BCUT2D eigenvalue weighted by Crippen LogP contribution is 2.40. The molecule has 0 spiro atoms. The molecule has 4 rings (SSSR count). The summed E-state index contributed by atoms with van der Waals surface area (Å²) < 4.78 is 28.2. The first-order valence-corrected chi connectivity index (χ1v) is 10.5. The summed E-state index contributed by atoms with van der Waals surface area (Å²) >= 11 is 0. The molecule has 9 heteroatoms. The number of pyridine rings is 1. The average molecular weight is 399 g/mol. The molecule has 2 aromatic heterocycles. The van der Waals surface area contributed by atoms with Crippen LogP contribution in [0.25, 0.3) is 11.0 Å². The number of rotatable bonds is 6. The molecule has 0 amide bonds. The largest absolute Gasteiger partial charge is 0.479 e. The van der Waals surface area contributed by atoms with E-state index in [0.29, 0.717) is 28.8 Å². The molecule has 2 heterocycles. The van der Waals surface area contributed by atoms with Crippen molar-refractivity contribution in [2.24, 2.45) is 5.14 Å². The third-order valence-electron chi connectivity index (χ3n) is 4.78. The first kappa shape index (κ1) is 18.6. The smallest absolute Gasteiger partial charge is 0.245 e. The van der Waals surface area contributed by atoms with Gasteiger partial charge in [-0.3, -0.25) is 0 Å². The lowest BCUT2D eigenvalue weighted by Gasteiger charge is -2.16. The van der Waals surface area contributed by atoms with E-state index in [1.54, 1.807) is 19.2 Å². The van der Waals surface area contributed by atoms with Crippen LogP contribution in [0.3, 0.4) is 0 Å². The lowest BCUT2D eigenvalue weighted by molar-refractivity contribution is 0.402. The average Bonchev–Trinajstić information content (AvgIpc) is 3.51. The molecule has 1 atom stereocenters. The van der Waals surface area contributed by atoms with Gasteiger partial charge in [-0.2, -0.15) is 4.98 Å². The number of anilines is 1. The fourth-order valence-corrected chi connectivity index (χ4v) is 3.55. The summed E-state index contributed by atoms with van der Waals surface area (Å²) in [6.07, 6.45) is 2.34. The Bertz CT molecular complexity index is 1130. The van der Waals surface area contributed by atoms with Crippen molar-refractivity contribution in [2.75, 3.05) is 12.4 Å². The number of fused-ring (bicyclic) bond motifs is 1. The predicted molar refractivity (Wildman–Crippen MR) is 106 cm³/mol. The second-order valence-corrected chi connectivity index (χ2v) is 8.48. The van der Waals surface area contributed by atoms with Crippen LogP contribution < -0.4 is 15.2 Å². The van der Waals surface area contributed by atoms with Crippen LogP contribution >= 0.6 is 0 Å². The summed E-state index contributed by atoms with van der Waals surface area (Å²) in [5.41, 5.74) is 3.29. The number of aromatic nitrogens is 3. The zero-order valence-corrected chi connectivity index (χ0v) is 16.4. The van der Waals surface area contributed by atoms with E-state index in [0.717, 1.165) is 11.3 Å². The number of primary sulfonamides is 1. The quantitative estimate of drug-likeness (QED) is 0.654. The zero-order valence-electron chi connectivity index (χ0n) is 15.6. The lowest BCUT2D eigenvalue weighted by Crippen LogP contribution is -2.13. The number of methoxy groups -OCH3 is 1. The van der Waals surface area contributed by atoms with Gasteiger partial charge in [0.05, 0.1) is 23.6 Å². The first-order valence-electron chi connectivity index (χ1n) is 8.97. The summed E-state index contributed by atoms with van der Waals surface area (Å²) in [5.74, 6) is 1.37. The normalized spacial score (nSPS) is 15.4. The van der Waals surface area contributed by atoms with Crippen molar-refractivity contribution in [1.82, 2.24) is 15.0 Å². The van der Waals surface area contributed by atoms with Crippen molar-refractivity contribution in [3.8, 4) is 5.88 Å². The SMILES string of the molecule is COc1nc(N[C@H](C)c2ccc(S(N)(=O)=O)cc2)nc2ccc(C3CC3)nc12. The molecule has 1 aromatic carbocycles. The molecule has 0 unspecified atom stereocenters. The van der Waals surface area contributed by atoms with E-state index in [4.69, 9.17) is 9.88 Å². The molecule has 8 nitrogen and oxygen atoms in total. The molecule has 146 valence electrons. The van der Waals surface area contributed by atoms with E-state index in [1.165, 1.54) is 25.0 Å². The first-order chi connectivity index (χ1) is 13.3. The Labute approximate surface area is 163 Å². The third-order valence-corrected chi connectivity index (χ3v) is 5.70. The highest BCUT2D eigenvalue weighted by atomic mass is 32.2. The van der Waals surface area contributed by atoms with Crippen molar-refractivity contribution in [1.29, 1.82) is 0 Å². The predicted octanol–water partition coefficient (Wildman–Crippen LogP) is 2.73. The van der Waals surface area contributed by atoms with Crippen LogP contribution in [-0.2, 0) is 10.0 Å². The van der Waals surface area contributed by atoms with Crippen molar-refractivity contribution in [2.45, 2.75) is 36.6 Å². The van der Waals surface area contributed by atoms with Crippen molar-refractivity contribution in [3.05, 3.63) is 47.7 Å². The molecule has 0 radical (unpaired) electrons. The van der Waals surface area contributed by atoms with Gasteiger partial charge in [-0.25, -0.2) is 23.5 Å². The maximum atomic E-state index is 11.4. The van der Waals surface area contributed by atoms with Gasteiger partial charge in [-0.15, -0.1) is 0 Å². The number of nitrogens with zero attached hydrogens (tertiary/aromatic N) is 3. The summed E-state index contributed by atoms with van der Waals surface area (Å²) in [4.78, 5) is 13.7. The van der Waals surface area contributed by atoms with E-state index in [-0.39, 0.29) is 10.9 Å². The topological polar surface area (TPSA) is 120 Å². The van der Waals surface area contributed by atoms with Gasteiger partial charge in [-0.1, -0.05) is 12.1 Å². The van der Waals surface area contributed by atoms with Crippen LogP contribution in [0.5, 0.6) is 5.88 Å². The van der Waals surface area contributed by atoms with Crippen LogP contribution in [0, 0.1) is 0 Å². The molecule has 0 saturated heterocycles. The number of ether oxygens (including phenoxy) is 1. The van der Waals surface area contributed by atoms with Crippen LogP contribution in [0.15, 0.2) is 41.3 Å². The molecule has 3 N–H and O–H groups in total. The number of sulfonamides is 1. The Balaban J connectivity index is 1.61. The summed E-state index contributed by atoms with van der Waals surface area (Å²) in [6.45, 7) is 1.93. The number of benzene rings is 1. The van der Waals surface area contributed by atoms with Crippen LogP contribution in [0.2, 0.25) is 0 Å². The number of hydrogen-bond donors (Lipinski definition) is 2. The van der Waals surface area contributed by atoms with Crippen molar-refractivity contribution in [3.63, 3.8) is 0 Å². The van der Waals surface area contributed by atoms with Gasteiger partial charge in [0.2, 0.25) is 21.9 Å². The van der Waals surface area contributed by atoms with Gasteiger partial charge < -0.3 is 10.1 Å². The number of nitrogens with one attached hydrogen (secondary N) is 1. The minimum absolute atomic E-state index is 0.0737. The minimum atomic E-state index is -3.71. The van der Waals surface area contributed by atoms with E-state index in [9.17, 15) is 8.42 Å². The van der Waals surface area contributed by atoms with Crippen LogP contribution in [0.4, 0.5) is 5.95 Å². The molecule has 0 bridgehead atoms. The van der Waals surface area contributed by atoms with E-state index < -0.39 is 10.0 Å². The Morgan fingerprint density at radius 3 is 2.43 bits per heavy atom. The highest BCUT2D eigenvalue weighted by Gasteiger charge is 2.26. The second kappa shape index (κ2) is 6.99. The fraction of sp³-hybridized carbons (Fsp3) is 0.316. The molecule has 1 aliphatic rings. The van der Waals surface area contributed by atoms with Gasteiger partial charge in [0.1, 0.15) is 0 Å². The minimum Gasteiger partial charge on any atom is -0.479 e. The Morgan fingerprint density at radius 1 is 1.11 bits per heavy atom. The van der Waals surface area contributed by atoms with E-state index in [1.807, 2.05) is 19.1 Å². The Hall–Kier alpha value is -2.78. The molecule has 3 aromatic rings. The van der Waals surface area contributed by atoms with Crippen molar-refractivity contribution >= 4 is 27.0 Å². The van der Waals surface area contributed by atoms with Gasteiger partial charge in [0.15, 0.2) is 5.52 Å². The molecule has 28 heavy (non-hydrogen) atoms. The second-order valence-electron chi connectivity index (χ2n) is 6.91. The van der Waals surface area contributed by atoms with E-state index in [2.05, 4.69) is 20.3 Å². The van der Waals surface area contributed by atoms with Gasteiger partial charge >= 0.3 is 0 Å². The van der Waals surface area contributed by atoms with Crippen molar-refractivity contribution < 1.29 is 13.2 Å². The third kappa shape index (κ3) is 3.76. The lowest BCUT2D eigenvalue weighted by atomic mass is 10.1. The van der Waals surface area contributed by atoms with Crippen LogP contribution in [0.1, 0.15) is 43.0 Å². The molecular formula is C19H21N5O3S. The molecule has 1 fully saturated rings. The van der Waals surface area contributed by atoms with Gasteiger partial charge in [-0.05, 0) is 49.6 Å². The molecule has 0 aliphatic heterocycles. The molecule has 1 aliphatic carbocycles. The van der Waals surface area contributed by atoms with Gasteiger partial charge in [0.25, 0.3) is 0 Å². The highest BCUT2D eigenvalue weighted by molar-refractivity contribution is 7.89. The summed E-state index contributed by atoms with van der Waals surface area (Å²) in [7, 11) is -2.15.